The van der Waals surface area contributed by atoms with E-state index in [9.17, 15) is 4.79 Å². The van der Waals surface area contributed by atoms with Crippen LogP contribution in [0.5, 0.6) is 0 Å². The van der Waals surface area contributed by atoms with Crippen molar-refractivity contribution < 1.29 is 9.53 Å². The molecule has 4 nitrogen and oxygen atoms in total. The van der Waals surface area contributed by atoms with Crippen molar-refractivity contribution in [1.82, 2.24) is 4.37 Å². The third kappa shape index (κ3) is 2.55. The van der Waals surface area contributed by atoms with Crippen LogP contribution in [0.25, 0.3) is 0 Å². The average Bonchev–Trinajstić information content (AvgIpc) is 2.40. The number of rotatable bonds is 2. The van der Waals surface area contributed by atoms with E-state index in [0.29, 0.717) is 12.3 Å². The Hall–Kier alpha value is -1.10. The fourth-order valence-electron chi connectivity index (χ4n) is 0.552. The molecule has 0 bridgehead atoms. The van der Waals surface area contributed by atoms with E-state index in [1.54, 1.807) is 18.5 Å². The normalized spacial score (nSPS) is 9.18. The number of carbonyl (C=O) groups excluding carboxylic acids is 1. The van der Waals surface area contributed by atoms with Gasteiger partial charge in [-0.1, -0.05) is 0 Å². The van der Waals surface area contributed by atoms with Crippen LogP contribution < -0.4 is 5.32 Å². The summed E-state index contributed by atoms with van der Waals surface area (Å²) in [5.41, 5.74) is 0.674. The van der Waals surface area contributed by atoms with Gasteiger partial charge in [0, 0.05) is 5.38 Å². The molecule has 5 heteroatoms. The van der Waals surface area contributed by atoms with Gasteiger partial charge >= 0.3 is 6.09 Å². The molecule has 11 heavy (non-hydrogen) atoms. The summed E-state index contributed by atoms with van der Waals surface area (Å²) < 4.78 is 8.45. The molecular weight excluding hydrogens is 164 g/mol. The second kappa shape index (κ2) is 3.92. The Balaban J connectivity index is 2.37. The van der Waals surface area contributed by atoms with Crippen LogP contribution in [-0.4, -0.2) is 17.1 Å². The van der Waals surface area contributed by atoms with Crippen LogP contribution in [-0.2, 0) is 4.74 Å². The fourth-order valence-corrected chi connectivity index (χ4v) is 1.02. The molecule has 1 N–H and O–H groups in total. The van der Waals surface area contributed by atoms with Crippen molar-refractivity contribution in [2.75, 3.05) is 11.9 Å². The van der Waals surface area contributed by atoms with Gasteiger partial charge in [0.05, 0.1) is 18.5 Å². The lowest BCUT2D eigenvalue weighted by molar-refractivity contribution is 0.168. The highest BCUT2D eigenvalue weighted by Crippen LogP contribution is 2.07. The molecule has 1 aromatic rings. The molecule has 0 radical (unpaired) electrons. The van der Waals surface area contributed by atoms with E-state index >= 15 is 0 Å². The molecule has 0 atom stereocenters. The van der Waals surface area contributed by atoms with E-state index in [1.165, 1.54) is 11.5 Å². The SMILES string of the molecule is CCOC(=O)Nc1cnsc1. The van der Waals surface area contributed by atoms with Crippen molar-refractivity contribution in [1.29, 1.82) is 0 Å². The van der Waals surface area contributed by atoms with Gasteiger partial charge in [0.25, 0.3) is 0 Å². The summed E-state index contributed by atoms with van der Waals surface area (Å²) in [6.07, 6.45) is 1.13. The zero-order valence-corrected chi connectivity index (χ0v) is 6.85. The van der Waals surface area contributed by atoms with Crippen molar-refractivity contribution in [2.24, 2.45) is 0 Å². The minimum Gasteiger partial charge on any atom is -0.450 e. The predicted octanol–water partition coefficient (Wildman–Crippen LogP) is 1.71. The van der Waals surface area contributed by atoms with Crippen molar-refractivity contribution in [3.8, 4) is 0 Å². The molecule has 0 aliphatic carbocycles. The molecule has 1 amide bonds. The molecule has 0 aromatic carbocycles. The number of nitrogens with one attached hydrogen (secondary N) is 1. The van der Waals surface area contributed by atoms with E-state index in [2.05, 4.69) is 14.4 Å². The standard InChI is InChI=1S/C6H8N2O2S/c1-2-10-6(9)8-5-3-7-11-4-5/h3-4H,2H2,1H3,(H,8,9). The van der Waals surface area contributed by atoms with Gasteiger partial charge in [-0.2, -0.15) is 4.37 Å². The number of hydrogen-bond acceptors (Lipinski definition) is 4. The molecule has 0 saturated heterocycles. The Bertz CT molecular complexity index is 222. The minimum absolute atomic E-state index is 0.378. The second-order valence-corrected chi connectivity index (χ2v) is 2.42. The maximum absolute atomic E-state index is 10.8. The molecule has 60 valence electrons. The van der Waals surface area contributed by atoms with E-state index in [4.69, 9.17) is 0 Å². The van der Waals surface area contributed by atoms with Crippen molar-refractivity contribution in [3.63, 3.8) is 0 Å². The average molecular weight is 172 g/mol. The molecule has 0 aliphatic rings. The van der Waals surface area contributed by atoms with Gasteiger partial charge < -0.3 is 4.74 Å². The molecule has 0 fully saturated rings. The summed E-state index contributed by atoms with van der Waals surface area (Å²) in [7, 11) is 0. The first kappa shape index (κ1) is 8.00. The molecule has 0 spiro atoms. The third-order valence-corrected chi connectivity index (χ3v) is 1.54. The number of nitrogens with zero attached hydrogens (tertiary/aromatic N) is 1. The van der Waals surface area contributed by atoms with Gasteiger partial charge in [-0.25, -0.2) is 4.79 Å². The van der Waals surface area contributed by atoms with E-state index in [1.807, 2.05) is 0 Å². The highest BCUT2D eigenvalue weighted by atomic mass is 32.1. The van der Waals surface area contributed by atoms with E-state index < -0.39 is 6.09 Å². The molecule has 0 unspecified atom stereocenters. The lowest BCUT2D eigenvalue weighted by atomic mass is 10.6. The molecule has 0 aliphatic heterocycles. The highest BCUT2D eigenvalue weighted by Gasteiger charge is 2.00. The molecular formula is C6H8N2O2S. The van der Waals surface area contributed by atoms with Crippen LogP contribution in [0.4, 0.5) is 10.5 Å². The van der Waals surface area contributed by atoms with Crippen LogP contribution in [0.1, 0.15) is 6.92 Å². The fraction of sp³-hybridized carbons (Fsp3) is 0.333. The first-order valence-corrected chi connectivity index (χ1v) is 3.99. The zero-order chi connectivity index (χ0) is 8.10. The van der Waals surface area contributed by atoms with Crippen molar-refractivity contribution in [2.45, 2.75) is 6.92 Å². The zero-order valence-electron chi connectivity index (χ0n) is 6.03. The van der Waals surface area contributed by atoms with Gasteiger partial charge in [0.2, 0.25) is 0 Å². The number of amides is 1. The topological polar surface area (TPSA) is 51.2 Å². The summed E-state index contributed by atoms with van der Waals surface area (Å²) in [5.74, 6) is 0. The monoisotopic (exact) mass is 172 g/mol. The maximum atomic E-state index is 10.8. The Morgan fingerprint density at radius 2 is 2.73 bits per heavy atom. The predicted molar refractivity (Wildman–Crippen MR) is 42.8 cm³/mol. The lowest BCUT2D eigenvalue weighted by Gasteiger charge is -2.00. The summed E-state index contributed by atoms with van der Waals surface area (Å²) in [5, 5.41) is 4.24. The van der Waals surface area contributed by atoms with Crippen molar-refractivity contribution in [3.05, 3.63) is 11.6 Å². The van der Waals surface area contributed by atoms with Gasteiger partial charge in [0.1, 0.15) is 0 Å². The van der Waals surface area contributed by atoms with Gasteiger partial charge in [-0.3, -0.25) is 5.32 Å². The molecule has 1 aromatic heterocycles. The van der Waals surface area contributed by atoms with E-state index in [0.717, 1.165) is 0 Å². The summed E-state index contributed by atoms with van der Waals surface area (Å²) in [6, 6.07) is 0. The summed E-state index contributed by atoms with van der Waals surface area (Å²) >= 11 is 1.28. The smallest absolute Gasteiger partial charge is 0.411 e. The Morgan fingerprint density at radius 3 is 3.27 bits per heavy atom. The van der Waals surface area contributed by atoms with Gasteiger partial charge in [-0.15, -0.1) is 0 Å². The molecule has 1 heterocycles. The Morgan fingerprint density at radius 1 is 1.91 bits per heavy atom. The number of carbonyl (C=O) groups is 1. The quantitative estimate of drug-likeness (QED) is 0.738. The van der Waals surface area contributed by atoms with Gasteiger partial charge in [-0.05, 0) is 18.5 Å². The molecule has 0 saturated carbocycles. The Labute approximate surface area is 68.4 Å². The van der Waals surface area contributed by atoms with Crippen molar-refractivity contribution >= 4 is 23.3 Å². The maximum Gasteiger partial charge on any atom is 0.411 e. The van der Waals surface area contributed by atoms with Gasteiger partial charge in [0.15, 0.2) is 0 Å². The van der Waals surface area contributed by atoms with Crippen LogP contribution in [0.3, 0.4) is 0 Å². The number of hydrogen-bond donors (Lipinski definition) is 1. The van der Waals surface area contributed by atoms with Crippen LogP contribution in [0.2, 0.25) is 0 Å². The molecule has 1 rings (SSSR count). The third-order valence-electron chi connectivity index (χ3n) is 0.954. The summed E-state index contributed by atoms with van der Waals surface area (Å²) in [4.78, 5) is 10.8. The number of ether oxygens (including phenoxy) is 1. The number of aromatic nitrogens is 1. The first-order valence-electron chi connectivity index (χ1n) is 3.16. The van der Waals surface area contributed by atoms with Crippen LogP contribution >= 0.6 is 11.5 Å². The largest absolute Gasteiger partial charge is 0.450 e. The highest BCUT2D eigenvalue weighted by molar-refractivity contribution is 7.04. The minimum atomic E-state index is -0.437. The van der Waals surface area contributed by atoms with Crippen LogP contribution in [0, 0.1) is 0 Å². The first-order chi connectivity index (χ1) is 5.33. The number of anilines is 1. The Kier molecular flexibility index (Phi) is 2.85. The second-order valence-electron chi connectivity index (χ2n) is 1.76. The summed E-state index contributed by atoms with van der Waals surface area (Å²) in [6.45, 7) is 2.13. The van der Waals surface area contributed by atoms with E-state index in [-0.39, 0.29) is 0 Å². The lowest BCUT2D eigenvalue weighted by Crippen LogP contribution is -2.12. The van der Waals surface area contributed by atoms with Crippen LogP contribution in [0.15, 0.2) is 11.6 Å².